The topological polar surface area (TPSA) is 75.7 Å². The molecule has 2 aromatic rings. The van der Waals surface area contributed by atoms with Crippen LogP contribution < -0.4 is 9.46 Å². The molecule has 2 fully saturated rings. The van der Waals surface area contributed by atoms with Crippen molar-refractivity contribution >= 4 is 75.0 Å². The summed E-state index contributed by atoms with van der Waals surface area (Å²) < 4.78 is 33.8. The minimum atomic E-state index is -4.11. The normalized spacial score (nSPS) is 21.8. The van der Waals surface area contributed by atoms with Gasteiger partial charge in [-0.2, -0.15) is 0 Å². The number of thiol groups is 1. The first-order valence-corrected chi connectivity index (χ1v) is 15.1. The van der Waals surface area contributed by atoms with E-state index in [1.807, 2.05) is 6.07 Å². The van der Waals surface area contributed by atoms with E-state index in [1.165, 1.54) is 12.1 Å². The van der Waals surface area contributed by atoms with E-state index in [2.05, 4.69) is 22.3 Å². The lowest BCUT2D eigenvalue weighted by molar-refractivity contribution is -0.124. The van der Waals surface area contributed by atoms with E-state index in [9.17, 15) is 13.2 Å². The zero-order chi connectivity index (χ0) is 26.0. The van der Waals surface area contributed by atoms with Gasteiger partial charge >= 0.3 is 0 Å². The van der Waals surface area contributed by atoms with E-state index in [4.69, 9.17) is 51.1 Å². The van der Waals surface area contributed by atoms with Crippen LogP contribution >= 0.6 is 59.0 Å². The molecule has 4 rings (SSSR count). The summed E-state index contributed by atoms with van der Waals surface area (Å²) in [6.07, 6.45) is 4.83. The molecule has 1 heterocycles. The van der Waals surface area contributed by atoms with E-state index in [-0.39, 0.29) is 31.9 Å². The largest absolute Gasteiger partial charge is 0.490 e. The fourth-order valence-electron chi connectivity index (χ4n) is 4.81. The summed E-state index contributed by atoms with van der Waals surface area (Å²) in [5.41, 5.74) is 0. The van der Waals surface area contributed by atoms with E-state index >= 15 is 0 Å². The average Bonchev–Trinajstić information content (AvgIpc) is 2.84. The van der Waals surface area contributed by atoms with Gasteiger partial charge in [0, 0.05) is 36.0 Å². The Kier molecular flexibility index (Phi) is 9.30. The molecule has 0 atom stereocenters. The van der Waals surface area contributed by atoms with Crippen LogP contribution in [-0.4, -0.2) is 44.5 Å². The third-order valence-electron chi connectivity index (χ3n) is 6.78. The van der Waals surface area contributed by atoms with Crippen molar-refractivity contribution in [2.75, 3.05) is 13.1 Å². The van der Waals surface area contributed by atoms with Crippen molar-refractivity contribution in [1.29, 1.82) is 0 Å². The van der Waals surface area contributed by atoms with Crippen molar-refractivity contribution in [2.24, 2.45) is 5.92 Å². The lowest BCUT2D eigenvalue weighted by Gasteiger charge is -2.40. The minimum Gasteiger partial charge on any atom is -0.490 e. The summed E-state index contributed by atoms with van der Waals surface area (Å²) in [7, 11) is -4.11. The molecule has 36 heavy (non-hydrogen) atoms. The smallest absolute Gasteiger partial charge is 0.265 e. The van der Waals surface area contributed by atoms with Crippen LogP contribution in [0.4, 0.5) is 0 Å². The van der Waals surface area contributed by atoms with Gasteiger partial charge in [-0.05, 0) is 62.8 Å². The van der Waals surface area contributed by atoms with E-state index in [1.54, 1.807) is 12.1 Å². The third-order valence-corrected chi connectivity index (χ3v) is 10.1. The first kappa shape index (κ1) is 28.1. The maximum Gasteiger partial charge on any atom is 0.265 e. The summed E-state index contributed by atoms with van der Waals surface area (Å²) in [5.74, 6) is -0.145. The molecule has 2 aliphatic rings. The maximum absolute atomic E-state index is 12.8. The Morgan fingerprint density at radius 1 is 0.889 bits per heavy atom. The van der Waals surface area contributed by atoms with Crippen LogP contribution in [0.5, 0.6) is 5.75 Å². The van der Waals surface area contributed by atoms with Gasteiger partial charge in [-0.3, -0.25) is 4.79 Å². The second-order valence-corrected chi connectivity index (χ2v) is 12.9. The summed E-state index contributed by atoms with van der Waals surface area (Å²) in [4.78, 5) is 15.2. The molecule has 1 aliphatic heterocycles. The molecule has 6 nitrogen and oxygen atoms in total. The number of benzene rings is 2. The standard InChI is InChI=1S/C24H26Cl4N2O4S2/c25-18-6-5-17(11-19(18)26)34-16-7-9-30(10-8-16)15-3-1-14(2-4-15)24(31)29-36(32,33)23-13-21(28)20(27)12-22(23)35/h5-6,11-16,35H,1-4,7-10H2,(H,29,31). The number of nitrogens with one attached hydrogen (secondary N) is 1. The summed E-state index contributed by atoms with van der Waals surface area (Å²) in [6.45, 7) is 1.81. The van der Waals surface area contributed by atoms with Crippen LogP contribution in [0.2, 0.25) is 20.1 Å². The van der Waals surface area contributed by atoms with Crippen molar-refractivity contribution in [3.8, 4) is 5.75 Å². The molecule has 12 heteroatoms. The highest BCUT2D eigenvalue weighted by atomic mass is 35.5. The molecule has 1 saturated heterocycles. The highest BCUT2D eigenvalue weighted by molar-refractivity contribution is 7.91. The monoisotopic (exact) mass is 610 g/mol. The Labute approximate surface area is 237 Å². The Bertz CT molecular complexity index is 1230. The maximum atomic E-state index is 12.8. The Morgan fingerprint density at radius 3 is 2.14 bits per heavy atom. The van der Waals surface area contributed by atoms with E-state index < -0.39 is 15.9 Å². The van der Waals surface area contributed by atoms with Crippen LogP contribution in [0, 0.1) is 5.92 Å². The predicted octanol–water partition coefficient (Wildman–Crippen LogP) is 6.50. The molecule has 2 aromatic carbocycles. The number of amides is 1. The minimum absolute atomic E-state index is 0.0777. The number of nitrogens with zero attached hydrogens (tertiary/aromatic N) is 1. The van der Waals surface area contributed by atoms with Crippen molar-refractivity contribution in [3.05, 3.63) is 50.4 Å². The lowest BCUT2D eigenvalue weighted by atomic mass is 9.84. The van der Waals surface area contributed by atoms with Gasteiger partial charge in [0.1, 0.15) is 16.7 Å². The second-order valence-electron chi connectivity index (χ2n) is 9.14. The van der Waals surface area contributed by atoms with E-state index in [0.717, 1.165) is 44.5 Å². The van der Waals surface area contributed by atoms with Gasteiger partial charge in [-0.15, -0.1) is 12.6 Å². The summed E-state index contributed by atoms with van der Waals surface area (Å²) in [5, 5.41) is 1.24. The van der Waals surface area contributed by atoms with Crippen LogP contribution in [-0.2, 0) is 14.8 Å². The zero-order valence-electron chi connectivity index (χ0n) is 19.2. The molecule has 0 radical (unpaired) electrons. The van der Waals surface area contributed by atoms with Crippen LogP contribution in [0.15, 0.2) is 40.1 Å². The van der Waals surface area contributed by atoms with Gasteiger partial charge in [-0.1, -0.05) is 46.4 Å². The first-order valence-electron chi connectivity index (χ1n) is 11.6. The van der Waals surface area contributed by atoms with Gasteiger partial charge in [0.2, 0.25) is 5.91 Å². The molecule has 0 unspecified atom stereocenters. The van der Waals surface area contributed by atoms with Crippen LogP contribution in [0.3, 0.4) is 0 Å². The Morgan fingerprint density at radius 2 is 1.50 bits per heavy atom. The number of carbonyl (C=O) groups is 1. The highest BCUT2D eigenvalue weighted by Gasteiger charge is 2.33. The fraction of sp³-hybridized carbons (Fsp3) is 0.458. The number of hydrogen-bond donors (Lipinski definition) is 2. The predicted molar refractivity (Wildman–Crippen MR) is 146 cm³/mol. The molecule has 1 N–H and O–H groups in total. The van der Waals surface area contributed by atoms with Gasteiger partial charge in [-0.25, -0.2) is 13.1 Å². The quantitative estimate of drug-likeness (QED) is 0.365. The van der Waals surface area contributed by atoms with Gasteiger partial charge in [0.05, 0.1) is 20.1 Å². The van der Waals surface area contributed by atoms with Gasteiger partial charge < -0.3 is 9.64 Å². The zero-order valence-corrected chi connectivity index (χ0v) is 24.0. The number of likely N-dealkylation sites (tertiary alicyclic amines) is 1. The van der Waals surface area contributed by atoms with Gasteiger partial charge in [0.25, 0.3) is 10.0 Å². The number of piperidine rings is 1. The van der Waals surface area contributed by atoms with E-state index in [0.29, 0.717) is 28.9 Å². The van der Waals surface area contributed by atoms with Crippen LogP contribution in [0.1, 0.15) is 38.5 Å². The number of sulfonamides is 1. The average molecular weight is 612 g/mol. The lowest BCUT2D eigenvalue weighted by Crippen LogP contribution is -2.46. The number of ether oxygens (including phenoxy) is 1. The fourth-order valence-corrected chi connectivity index (χ4v) is 7.27. The molecule has 0 aromatic heterocycles. The number of hydrogen-bond acceptors (Lipinski definition) is 6. The molecular formula is C24H26Cl4N2O4S2. The molecule has 1 amide bonds. The number of halogens is 4. The van der Waals surface area contributed by atoms with Gasteiger partial charge in [0.15, 0.2) is 0 Å². The second kappa shape index (κ2) is 11.9. The van der Waals surface area contributed by atoms with Crippen molar-refractivity contribution in [2.45, 2.75) is 60.5 Å². The SMILES string of the molecule is O=C(NS(=O)(=O)c1cc(Cl)c(Cl)cc1S)C1CCC(N2CCC(Oc3ccc(Cl)c(Cl)c3)CC2)CC1. The number of rotatable bonds is 6. The number of carbonyl (C=O) groups excluding carboxylic acids is 1. The molecule has 1 aliphatic carbocycles. The van der Waals surface area contributed by atoms with Crippen LogP contribution in [0.25, 0.3) is 0 Å². The summed E-state index contributed by atoms with van der Waals surface area (Å²) >= 11 is 28.1. The molecule has 1 saturated carbocycles. The van der Waals surface area contributed by atoms with Crippen molar-refractivity contribution < 1.29 is 17.9 Å². The summed E-state index contributed by atoms with van der Waals surface area (Å²) in [6, 6.07) is 8.21. The first-order chi connectivity index (χ1) is 17.0. The molecule has 0 spiro atoms. The molecular weight excluding hydrogens is 586 g/mol. The molecule has 196 valence electrons. The van der Waals surface area contributed by atoms with Crippen molar-refractivity contribution in [3.63, 3.8) is 0 Å². The Balaban J connectivity index is 1.25. The molecule has 0 bridgehead atoms. The highest BCUT2D eigenvalue weighted by Crippen LogP contribution is 2.33. The Hall–Kier alpha value is -0.870. The van der Waals surface area contributed by atoms with Crippen molar-refractivity contribution in [1.82, 2.24) is 9.62 Å². The third kappa shape index (κ3) is 6.76.